The largest absolute Gasteiger partial charge is 0.352 e. The van der Waals surface area contributed by atoms with Crippen molar-refractivity contribution in [2.24, 2.45) is 0 Å². The van der Waals surface area contributed by atoms with Gasteiger partial charge in [-0.3, -0.25) is 14.5 Å². The molecule has 37 heavy (non-hydrogen) atoms. The first-order valence-electron chi connectivity index (χ1n) is 11.7. The van der Waals surface area contributed by atoms with E-state index >= 15 is 0 Å². The van der Waals surface area contributed by atoms with E-state index in [1.807, 2.05) is 73.8 Å². The van der Waals surface area contributed by atoms with Gasteiger partial charge >= 0.3 is 0 Å². The Balaban J connectivity index is 1.80. The summed E-state index contributed by atoms with van der Waals surface area (Å²) in [6, 6.07) is 18.9. The van der Waals surface area contributed by atoms with Crippen LogP contribution in [-0.4, -0.2) is 39.9 Å². The molecule has 0 fully saturated rings. The fourth-order valence-electron chi connectivity index (χ4n) is 4.35. The van der Waals surface area contributed by atoms with E-state index in [4.69, 9.17) is 28.3 Å². The van der Waals surface area contributed by atoms with E-state index in [1.165, 1.54) is 16.7 Å². The maximum absolute atomic E-state index is 13.6. The quantitative estimate of drug-likeness (QED) is 0.283. The molecule has 3 heterocycles. The van der Waals surface area contributed by atoms with Gasteiger partial charge in [-0.2, -0.15) is 5.10 Å². The molecule has 0 aliphatic carbocycles. The van der Waals surface area contributed by atoms with Gasteiger partial charge in [0.15, 0.2) is 0 Å². The molecule has 4 aromatic rings. The number of aromatic nitrogens is 2. The molecule has 2 aromatic heterocycles. The zero-order chi connectivity index (χ0) is 26.1. The predicted molar refractivity (Wildman–Crippen MR) is 153 cm³/mol. The fraction of sp³-hybridized carbons (Fsp3) is 0.222. The maximum Gasteiger partial charge on any atom is 0.240 e. The van der Waals surface area contributed by atoms with Crippen molar-refractivity contribution in [2.45, 2.75) is 25.1 Å². The molecule has 0 radical (unpaired) electrons. The molecular formula is C27H24Cl2N4O2S2. The summed E-state index contributed by atoms with van der Waals surface area (Å²) < 4.78 is 1.71. The number of hydrogen-bond donors (Lipinski definition) is 1. The molecule has 1 aliphatic heterocycles. The molecule has 1 aliphatic rings. The van der Waals surface area contributed by atoms with Crippen molar-refractivity contribution in [3.63, 3.8) is 0 Å². The SMILES string of the molecule is CC(C)NC(=O)CN1C(=O)CSC(c2cccc(Cl)c2)c2c(-c3cccs3)nn(-c3ccccc3Cl)c21. The van der Waals surface area contributed by atoms with Crippen molar-refractivity contribution in [3.05, 3.63) is 87.2 Å². The summed E-state index contributed by atoms with van der Waals surface area (Å²) in [6.45, 7) is 3.65. The number of hydrogen-bond acceptors (Lipinski definition) is 5. The summed E-state index contributed by atoms with van der Waals surface area (Å²) in [5.41, 5.74) is 3.17. The molecular weight excluding hydrogens is 547 g/mol. The van der Waals surface area contributed by atoms with E-state index in [-0.39, 0.29) is 35.4 Å². The fourth-order valence-corrected chi connectivity index (χ4v) is 6.68. The average molecular weight is 572 g/mol. The second kappa shape index (κ2) is 10.9. The normalized spacial score (nSPS) is 15.5. The van der Waals surface area contributed by atoms with Crippen LogP contribution in [0.5, 0.6) is 0 Å². The number of carbonyl (C=O) groups excluding carboxylic acids is 2. The first-order valence-corrected chi connectivity index (χ1v) is 14.4. The van der Waals surface area contributed by atoms with Gasteiger partial charge in [0, 0.05) is 16.6 Å². The van der Waals surface area contributed by atoms with Gasteiger partial charge in [0.05, 0.1) is 26.6 Å². The van der Waals surface area contributed by atoms with Crippen LogP contribution in [-0.2, 0) is 9.59 Å². The molecule has 1 atom stereocenters. The third-order valence-electron chi connectivity index (χ3n) is 5.83. The molecule has 10 heteroatoms. The number of para-hydroxylation sites is 1. The molecule has 0 saturated carbocycles. The second-order valence-corrected chi connectivity index (χ2v) is 11.8. The predicted octanol–water partition coefficient (Wildman–Crippen LogP) is 6.60. The summed E-state index contributed by atoms with van der Waals surface area (Å²) >= 11 is 16.1. The Morgan fingerprint density at radius 1 is 1.14 bits per heavy atom. The van der Waals surface area contributed by atoms with Crippen LogP contribution in [0.25, 0.3) is 16.3 Å². The Morgan fingerprint density at radius 2 is 1.95 bits per heavy atom. The molecule has 1 N–H and O–H groups in total. The van der Waals surface area contributed by atoms with Crippen molar-refractivity contribution in [1.29, 1.82) is 0 Å². The van der Waals surface area contributed by atoms with E-state index in [2.05, 4.69) is 5.32 Å². The summed E-state index contributed by atoms with van der Waals surface area (Å²) in [5, 5.41) is 10.8. The lowest BCUT2D eigenvalue weighted by atomic mass is 10.0. The molecule has 0 saturated heterocycles. The Morgan fingerprint density at radius 3 is 2.65 bits per heavy atom. The van der Waals surface area contributed by atoms with Crippen molar-refractivity contribution in [3.8, 4) is 16.3 Å². The lowest BCUT2D eigenvalue weighted by molar-refractivity contribution is -0.123. The Kier molecular flexibility index (Phi) is 7.62. The second-order valence-electron chi connectivity index (χ2n) is 8.87. The van der Waals surface area contributed by atoms with Crippen molar-refractivity contribution in [2.75, 3.05) is 17.2 Å². The number of anilines is 1. The highest BCUT2D eigenvalue weighted by Gasteiger charge is 2.38. The van der Waals surface area contributed by atoms with Crippen LogP contribution in [0.15, 0.2) is 66.0 Å². The van der Waals surface area contributed by atoms with Crippen molar-refractivity contribution >= 4 is 63.9 Å². The van der Waals surface area contributed by atoms with Gasteiger partial charge in [0.1, 0.15) is 18.1 Å². The summed E-state index contributed by atoms with van der Waals surface area (Å²) in [4.78, 5) is 29.1. The lowest BCUT2D eigenvalue weighted by Gasteiger charge is -2.24. The highest BCUT2D eigenvalue weighted by Crippen LogP contribution is 2.49. The van der Waals surface area contributed by atoms with Crippen LogP contribution < -0.4 is 10.2 Å². The number of thioether (sulfide) groups is 1. The number of nitrogens with zero attached hydrogens (tertiary/aromatic N) is 3. The third kappa shape index (κ3) is 5.29. The minimum absolute atomic E-state index is 0.0576. The Hall–Kier alpha value is -2.78. The number of thiophene rings is 1. The molecule has 2 aromatic carbocycles. The Bertz CT molecular complexity index is 1450. The number of carbonyl (C=O) groups is 2. The lowest BCUT2D eigenvalue weighted by Crippen LogP contribution is -2.44. The van der Waals surface area contributed by atoms with Gasteiger partial charge in [-0.1, -0.05) is 53.5 Å². The minimum atomic E-state index is -0.246. The third-order valence-corrected chi connectivity index (χ3v) is 8.51. The number of rotatable bonds is 6. The van der Waals surface area contributed by atoms with Crippen LogP contribution in [0.1, 0.15) is 30.2 Å². The topological polar surface area (TPSA) is 67.2 Å². The summed E-state index contributed by atoms with van der Waals surface area (Å²) in [5.74, 6) is 0.300. The molecule has 0 spiro atoms. The zero-order valence-electron chi connectivity index (χ0n) is 20.2. The highest BCUT2D eigenvalue weighted by molar-refractivity contribution is 8.00. The first kappa shape index (κ1) is 25.9. The van der Waals surface area contributed by atoms with Gasteiger partial charge in [-0.15, -0.1) is 23.1 Å². The number of halogens is 2. The van der Waals surface area contributed by atoms with E-state index in [1.54, 1.807) is 22.1 Å². The Labute approximate surface area is 233 Å². The van der Waals surface area contributed by atoms with Crippen LogP contribution in [0.2, 0.25) is 10.0 Å². The molecule has 5 rings (SSSR count). The number of benzene rings is 2. The van der Waals surface area contributed by atoms with Crippen LogP contribution in [0.3, 0.4) is 0 Å². The van der Waals surface area contributed by atoms with E-state index in [0.717, 1.165) is 21.7 Å². The van der Waals surface area contributed by atoms with Crippen LogP contribution >= 0.6 is 46.3 Å². The maximum atomic E-state index is 13.6. The van der Waals surface area contributed by atoms with Gasteiger partial charge in [0.2, 0.25) is 11.8 Å². The highest BCUT2D eigenvalue weighted by atomic mass is 35.5. The van der Waals surface area contributed by atoms with Gasteiger partial charge in [-0.25, -0.2) is 4.68 Å². The van der Waals surface area contributed by atoms with Gasteiger partial charge < -0.3 is 5.32 Å². The number of nitrogens with one attached hydrogen (secondary N) is 1. The first-order chi connectivity index (χ1) is 17.8. The monoisotopic (exact) mass is 570 g/mol. The minimum Gasteiger partial charge on any atom is -0.352 e. The number of fused-ring (bicyclic) bond motifs is 1. The van der Waals surface area contributed by atoms with Gasteiger partial charge in [-0.05, 0) is 55.1 Å². The molecule has 6 nitrogen and oxygen atoms in total. The molecule has 1 unspecified atom stereocenters. The smallest absolute Gasteiger partial charge is 0.240 e. The number of amides is 2. The van der Waals surface area contributed by atoms with E-state index in [0.29, 0.717) is 21.6 Å². The standard InChI is InChI=1S/C27H24Cl2N4O2S2/c1-16(2)30-22(34)14-32-23(35)15-37-26(17-7-5-8-18(28)13-17)24-25(21-11-6-12-36-21)31-33(27(24)32)20-10-4-3-9-19(20)29/h3-13,16,26H,14-15H2,1-2H3,(H,30,34). The molecule has 190 valence electrons. The molecule has 0 bridgehead atoms. The van der Waals surface area contributed by atoms with E-state index in [9.17, 15) is 9.59 Å². The van der Waals surface area contributed by atoms with Gasteiger partial charge in [0.25, 0.3) is 0 Å². The summed E-state index contributed by atoms with van der Waals surface area (Å²) in [6.07, 6.45) is 0. The van der Waals surface area contributed by atoms with Crippen molar-refractivity contribution < 1.29 is 9.59 Å². The van der Waals surface area contributed by atoms with Crippen LogP contribution in [0, 0.1) is 0 Å². The average Bonchev–Trinajstić information content (AvgIpc) is 3.48. The van der Waals surface area contributed by atoms with E-state index < -0.39 is 0 Å². The van der Waals surface area contributed by atoms with Crippen LogP contribution in [0.4, 0.5) is 5.82 Å². The summed E-state index contributed by atoms with van der Waals surface area (Å²) in [7, 11) is 0. The molecule has 2 amide bonds. The van der Waals surface area contributed by atoms with Crippen molar-refractivity contribution in [1.82, 2.24) is 15.1 Å². The zero-order valence-corrected chi connectivity index (χ0v) is 23.3.